The number of aliphatic imine (C=N–C) groups is 1. The number of hydrogen-bond donors (Lipinski definition) is 0. The largest absolute Gasteiger partial charge is 0.422 e. The van der Waals surface area contributed by atoms with Gasteiger partial charge >= 0.3 is 5.97 Å². The molecule has 3 aromatic rings. The van der Waals surface area contributed by atoms with Gasteiger partial charge < -0.3 is 4.74 Å². The molecule has 2 aliphatic carbocycles. The molecule has 0 N–H and O–H groups in total. The van der Waals surface area contributed by atoms with Crippen LogP contribution in [-0.2, 0) is 0 Å². The molecule has 1 aliphatic heterocycles. The lowest BCUT2D eigenvalue weighted by Crippen LogP contribution is -2.25. The van der Waals surface area contributed by atoms with E-state index in [0.29, 0.717) is 27.3 Å². The van der Waals surface area contributed by atoms with Crippen LogP contribution in [0.4, 0.5) is 5.69 Å². The number of allylic oxidation sites excluding steroid dienone is 3. The maximum absolute atomic E-state index is 13.6. The van der Waals surface area contributed by atoms with E-state index in [2.05, 4.69) is 0 Å². The fourth-order valence-corrected chi connectivity index (χ4v) is 5.34. The number of fused-ring (bicyclic) bond motifs is 5. The first-order valence-electron chi connectivity index (χ1n) is 10.4. The van der Waals surface area contributed by atoms with E-state index in [1.54, 1.807) is 60.7 Å². The third-order valence-electron chi connectivity index (χ3n) is 5.76. The normalized spacial score (nSPS) is 17.5. The van der Waals surface area contributed by atoms with Crippen molar-refractivity contribution in [2.75, 3.05) is 0 Å². The summed E-state index contributed by atoms with van der Waals surface area (Å²) in [7, 11) is 0. The number of carbonyl (C=O) groups is 3. The molecule has 0 saturated heterocycles. The van der Waals surface area contributed by atoms with Gasteiger partial charge in [-0.15, -0.1) is 11.8 Å². The topological polar surface area (TPSA) is 72.8 Å². The number of ether oxygens (including phenoxy) is 1. The SMILES string of the molecule is O=C(Oc1cc2c(c3c1C(=O)c1ccccc1C3=O)N=C1C=CC=CC1S2)c1ccccc1. The van der Waals surface area contributed by atoms with Crippen LogP contribution < -0.4 is 4.74 Å². The van der Waals surface area contributed by atoms with Crippen molar-refractivity contribution in [1.29, 1.82) is 0 Å². The molecule has 6 rings (SSSR count). The highest BCUT2D eigenvalue weighted by Gasteiger charge is 2.38. The van der Waals surface area contributed by atoms with Crippen LogP contribution in [0, 0.1) is 0 Å². The molecule has 0 saturated carbocycles. The van der Waals surface area contributed by atoms with E-state index in [-0.39, 0.29) is 33.7 Å². The Hall–Kier alpha value is -4.03. The standard InChI is InChI=1S/C27H15NO4S/c29-25-16-10-4-5-11-17(16)26(30)23-22(25)19(32-27(31)15-8-2-1-3-9-15)14-21-24(23)28-18-12-6-7-13-20(18)33-21/h1-14,20H. The number of rotatable bonds is 2. The average molecular weight is 449 g/mol. The quantitative estimate of drug-likeness (QED) is 0.305. The van der Waals surface area contributed by atoms with Gasteiger partial charge in [-0.3, -0.25) is 9.59 Å². The molecule has 0 bridgehead atoms. The summed E-state index contributed by atoms with van der Waals surface area (Å²) >= 11 is 1.51. The second-order valence-corrected chi connectivity index (χ2v) is 8.93. The average Bonchev–Trinajstić information content (AvgIpc) is 2.86. The fourth-order valence-electron chi connectivity index (χ4n) is 4.21. The number of nitrogens with zero attached hydrogens (tertiary/aromatic N) is 1. The summed E-state index contributed by atoms with van der Waals surface area (Å²) in [6.07, 6.45) is 7.76. The molecule has 0 spiro atoms. The van der Waals surface area contributed by atoms with Crippen molar-refractivity contribution < 1.29 is 19.1 Å². The zero-order valence-corrected chi connectivity index (χ0v) is 18.0. The maximum Gasteiger partial charge on any atom is 0.343 e. The van der Waals surface area contributed by atoms with E-state index in [9.17, 15) is 14.4 Å². The molecule has 0 radical (unpaired) electrons. The van der Waals surface area contributed by atoms with Gasteiger partial charge in [-0.2, -0.15) is 0 Å². The summed E-state index contributed by atoms with van der Waals surface area (Å²) in [5.41, 5.74) is 2.51. The monoisotopic (exact) mass is 449 g/mol. The summed E-state index contributed by atoms with van der Waals surface area (Å²) in [6.45, 7) is 0. The van der Waals surface area contributed by atoms with Gasteiger partial charge in [0.2, 0.25) is 0 Å². The molecule has 1 heterocycles. The first-order chi connectivity index (χ1) is 16.1. The van der Waals surface area contributed by atoms with Crippen molar-refractivity contribution in [1.82, 2.24) is 0 Å². The molecule has 0 fully saturated rings. The van der Waals surface area contributed by atoms with Crippen molar-refractivity contribution >= 4 is 40.7 Å². The Morgan fingerprint density at radius 3 is 2.33 bits per heavy atom. The fraction of sp³-hybridized carbons (Fsp3) is 0.0370. The van der Waals surface area contributed by atoms with Crippen LogP contribution in [0.15, 0.2) is 94.9 Å². The van der Waals surface area contributed by atoms with Crippen molar-refractivity contribution in [2.24, 2.45) is 4.99 Å². The Kier molecular flexibility index (Phi) is 4.48. The van der Waals surface area contributed by atoms with Crippen LogP contribution in [0.5, 0.6) is 5.75 Å². The number of benzene rings is 3. The minimum absolute atomic E-state index is 0.0140. The van der Waals surface area contributed by atoms with E-state index in [4.69, 9.17) is 9.73 Å². The molecule has 1 atom stereocenters. The number of hydrogen-bond acceptors (Lipinski definition) is 6. The third kappa shape index (κ3) is 3.10. The van der Waals surface area contributed by atoms with Crippen LogP contribution in [-0.4, -0.2) is 28.5 Å². The minimum Gasteiger partial charge on any atom is -0.422 e. The Labute approximate surface area is 193 Å². The first-order valence-corrected chi connectivity index (χ1v) is 11.3. The Balaban J connectivity index is 1.57. The zero-order valence-electron chi connectivity index (χ0n) is 17.1. The van der Waals surface area contributed by atoms with Gasteiger partial charge in [-0.05, 0) is 24.3 Å². The second-order valence-electron chi connectivity index (χ2n) is 7.75. The van der Waals surface area contributed by atoms with Gasteiger partial charge in [0.05, 0.1) is 33.3 Å². The van der Waals surface area contributed by atoms with Crippen molar-refractivity contribution in [3.63, 3.8) is 0 Å². The summed E-state index contributed by atoms with van der Waals surface area (Å²) in [5, 5.41) is -0.0140. The van der Waals surface area contributed by atoms with E-state index in [0.717, 1.165) is 5.71 Å². The van der Waals surface area contributed by atoms with E-state index >= 15 is 0 Å². The molecule has 3 aromatic carbocycles. The lowest BCUT2D eigenvalue weighted by Gasteiger charge is -2.27. The van der Waals surface area contributed by atoms with E-state index in [1.807, 2.05) is 24.3 Å². The number of ketones is 2. The molecule has 1 unspecified atom stereocenters. The maximum atomic E-state index is 13.6. The lowest BCUT2D eigenvalue weighted by molar-refractivity contribution is 0.0731. The van der Waals surface area contributed by atoms with Gasteiger partial charge in [0.25, 0.3) is 0 Å². The lowest BCUT2D eigenvalue weighted by atomic mass is 9.82. The zero-order chi connectivity index (χ0) is 22.5. The summed E-state index contributed by atoms with van der Waals surface area (Å²) < 4.78 is 5.73. The Morgan fingerprint density at radius 1 is 0.879 bits per heavy atom. The first kappa shape index (κ1) is 19.6. The molecular formula is C27H15NO4S. The van der Waals surface area contributed by atoms with Crippen molar-refractivity contribution in [3.05, 3.63) is 113 Å². The van der Waals surface area contributed by atoms with Crippen LogP contribution in [0.25, 0.3) is 0 Å². The molecule has 0 aromatic heterocycles. The van der Waals surface area contributed by atoms with Crippen molar-refractivity contribution in [3.8, 4) is 5.75 Å². The summed E-state index contributed by atoms with van der Waals surface area (Å²) in [6, 6.07) is 16.9. The molecule has 3 aliphatic rings. The van der Waals surface area contributed by atoms with Gasteiger partial charge in [0.1, 0.15) is 5.75 Å². The number of thioether (sulfide) groups is 1. The molecule has 158 valence electrons. The van der Waals surface area contributed by atoms with Crippen LogP contribution in [0.3, 0.4) is 0 Å². The van der Waals surface area contributed by atoms with Crippen LogP contribution in [0.1, 0.15) is 42.2 Å². The van der Waals surface area contributed by atoms with Gasteiger partial charge in [-0.1, -0.05) is 60.7 Å². The van der Waals surface area contributed by atoms with E-state index in [1.165, 1.54) is 11.8 Å². The molecule has 33 heavy (non-hydrogen) atoms. The second kappa shape index (κ2) is 7.53. The highest BCUT2D eigenvalue weighted by Crippen LogP contribution is 2.48. The van der Waals surface area contributed by atoms with Gasteiger partial charge in [0, 0.05) is 16.0 Å². The molecule has 5 nitrogen and oxygen atoms in total. The predicted molar refractivity (Wildman–Crippen MR) is 126 cm³/mol. The van der Waals surface area contributed by atoms with Crippen molar-refractivity contribution in [2.45, 2.75) is 10.1 Å². The van der Waals surface area contributed by atoms with Gasteiger partial charge in [0.15, 0.2) is 11.6 Å². The number of carbonyl (C=O) groups excluding carboxylic acids is 3. The summed E-state index contributed by atoms with van der Waals surface area (Å²) in [5.74, 6) is -1.17. The van der Waals surface area contributed by atoms with E-state index < -0.39 is 5.97 Å². The Morgan fingerprint density at radius 2 is 1.58 bits per heavy atom. The van der Waals surface area contributed by atoms with Gasteiger partial charge in [-0.25, -0.2) is 9.79 Å². The smallest absolute Gasteiger partial charge is 0.343 e. The summed E-state index contributed by atoms with van der Waals surface area (Å²) in [4.78, 5) is 45.4. The molecule has 6 heteroatoms. The van der Waals surface area contributed by atoms with Crippen LogP contribution >= 0.6 is 11.8 Å². The number of esters is 1. The highest BCUT2D eigenvalue weighted by atomic mass is 32.2. The molecule has 0 amide bonds. The predicted octanol–water partition coefficient (Wildman–Crippen LogP) is 5.35. The van der Waals surface area contributed by atoms with Crippen LogP contribution in [0.2, 0.25) is 0 Å². The third-order valence-corrected chi connectivity index (χ3v) is 6.98. The minimum atomic E-state index is -0.595. The Bertz CT molecular complexity index is 1470. The molecular weight excluding hydrogens is 434 g/mol. The highest BCUT2D eigenvalue weighted by molar-refractivity contribution is 8.01.